The molecular weight excluding hydrogens is 419 g/mol. The van der Waals surface area contributed by atoms with Crippen molar-refractivity contribution in [1.29, 1.82) is 5.26 Å². The first kappa shape index (κ1) is 22.9. The number of nitriles is 1. The molecule has 0 aromatic heterocycles. The van der Waals surface area contributed by atoms with Gasteiger partial charge in [-0.25, -0.2) is 13.2 Å². The molecule has 0 unspecified atom stereocenters. The molecule has 0 N–H and O–H groups in total. The summed E-state index contributed by atoms with van der Waals surface area (Å²) >= 11 is 0. The van der Waals surface area contributed by atoms with Gasteiger partial charge in [0.1, 0.15) is 29.1 Å². The predicted molar refractivity (Wildman–Crippen MR) is 125 cm³/mol. The minimum atomic E-state index is -0.979. The molecule has 168 valence electrons. The molecule has 1 aliphatic rings. The first-order chi connectivity index (χ1) is 16.0. The van der Waals surface area contributed by atoms with Crippen LogP contribution < -0.4 is 0 Å². The van der Waals surface area contributed by atoms with Crippen molar-refractivity contribution in [2.45, 2.75) is 57.8 Å². The monoisotopic (exact) mass is 445 g/mol. The standard InChI is InChI=1S/C29H26F3N/c1-2-3-4-19-5-8-21(9-6-19)23-13-14-25-24(17-23)12-11-22(29(25)32)10-7-20-15-27(30)26(18-33)28(31)16-20/h11-17,19,21H,2-6,8-9H2,1H3. The van der Waals surface area contributed by atoms with E-state index in [2.05, 4.69) is 24.8 Å². The van der Waals surface area contributed by atoms with Crippen LogP contribution >= 0.6 is 0 Å². The van der Waals surface area contributed by atoms with Crippen molar-refractivity contribution >= 4 is 10.8 Å². The Balaban J connectivity index is 1.54. The van der Waals surface area contributed by atoms with Crippen LogP contribution in [-0.4, -0.2) is 0 Å². The number of halogens is 3. The largest absolute Gasteiger partial charge is 0.205 e. The smallest absolute Gasteiger partial charge is 0.146 e. The highest BCUT2D eigenvalue weighted by Crippen LogP contribution is 2.38. The normalized spacial score (nSPS) is 17.9. The van der Waals surface area contributed by atoms with Crippen molar-refractivity contribution in [3.05, 3.63) is 82.2 Å². The summed E-state index contributed by atoms with van der Waals surface area (Å²) in [7, 11) is 0. The van der Waals surface area contributed by atoms with E-state index in [4.69, 9.17) is 5.26 Å². The number of fused-ring (bicyclic) bond motifs is 1. The minimum Gasteiger partial charge on any atom is -0.205 e. The Kier molecular flexibility index (Phi) is 7.05. The van der Waals surface area contributed by atoms with E-state index in [1.54, 1.807) is 6.07 Å². The molecule has 0 radical (unpaired) electrons. The lowest BCUT2D eigenvalue weighted by Crippen LogP contribution is -2.13. The number of hydrogen-bond acceptors (Lipinski definition) is 1. The van der Waals surface area contributed by atoms with Crippen molar-refractivity contribution < 1.29 is 13.2 Å². The summed E-state index contributed by atoms with van der Waals surface area (Å²) in [5, 5.41) is 10.1. The Labute approximate surface area is 193 Å². The number of nitrogens with zero attached hydrogens (tertiary/aromatic N) is 1. The van der Waals surface area contributed by atoms with Crippen molar-refractivity contribution in [1.82, 2.24) is 0 Å². The van der Waals surface area contributed by atoms with Crippen LogP contribution in [0.25, 0.3) is 10.8 Å². The fraction of sp³-hybridized carbons (Fsp3) is 0.345. The van der Waals surface area contributed by atoms with E-state index in [-0.39, 0.29) is 11.1 Å². The van der Waals surface area contributed by atoms with Crippen molar-refractivity contribution in [3.8, 4) is 17.9 Å². The number of rotatable bonds is 4. The van der Waals surface area contributed by atoms with Crippen LogP contribution in [0.5, 0.6) is 0 Å². The highest BCUT2D eigenvalue weighted by atomic mass is 19.1. The first-order valence-corrected chi connectivity index (χ1v) is 11.6. The average molecular weight is 446 g/mol. The Hall–Kier alpha value is -3.24. The zero-order valence-corrected chi connectivity index (χ0v) is 18.7. The number of benzene rings is 3. The quantitative estimate of drug-likeness (QED) is 0.373. The fourth-order valence-corrected chi connectivity index (χ4v) is 4.83. The van der Waals surface area contributed by atoms with Crippen LogP contribution in [0.3, 0.4) is 0 Å². The van der Waals surface area contributed by atoms with E-state index in [1.807, 2.05) is 18.2 Å². The molecule has 0 spiro atoms. The highest BCUT2D eigenvalue weighted by molar-refractivity contribution is 5.85. The molecule has 0 aliphatic heterocycles. The van der Waals surface area contributed by atoms with E-state index < -0.39 is 23.0 Å². The van der Waals surface area contributed by atoms with Crippen molar-refractivity contribution in [2.75, 3.05) is 0 Å². The molecule has 0 atom stereocenters. The number of unbranched alkanes of at least 4 members (excludes halogenated alkanes) is 1. The van der Waals surface area contributed by atoms with Crippen LogP contribution in [0.1, 0.15) is 80.0 Å². The summed E-state index contributed by atoms with van der Waals surface area (Å²) in [5.74, 6) is 4.24. The van der Waals surface area contributed by atoms with Gasteiger partial charge in [0.15, 0.2) is 0 Å². The van der Waals surface area contributed by atoms with Gasteiger partial charge in [-0.15, -0.1) is 0 Å². The summed E-state index contributed by atoms with van der Waals surface area (Å²) in [6.07, 6.45) is 8.80. The molecule has 33 heavy (non-hydrogen) atoms. The first-order valence-electron chi connectivity index (χ1n) is 11.6. The third-order valence-electron chi connectivity index (χ3n) is 6.76. The highest BCUT2D eigenvalue weighted by Gasteiger charge is 2.22. The molecule has 1 saturated carbocycles. The van der Waals surface area contributed by atoms with E-state index in [9.17, 15) is 8.78 Å². The second-order valence-electron chi connectivity index (χ2n) is 8.94. The maximum absolute atomic E-state index is 15.1. The lowest BCUT2D eigenvalue weighted by atomic mass is 9.77. The Bertz CT molecular complexity index is 1240. The summed E-state index contributed by atoms with van der Waals surface area (Å²) in [5.41, 5.74) is 0.825. The molecule has 1 aliphatic carbocycles. The molecule has 4 heteroatoms. The van der Waals surface area contributed by atoms with Gasteiger partial charge in [0.05, 0.1) is 5.56 Å². The van der Waals surface area contributed by atoms with E-state index in [1.165, 1.54) is 56.6 Å². The maximum Gasteiger partial charge on any atom is 0.146 e. The van der Waals surface area contributed by atoms with Gasteiger partial charge in [0, 0.05) is 10.9 Å². The Morgan fingerprint density at radius 1 is 0.909 bits per heavy atom. The second-order valence-corrected chi connectivity index (χ2v) is 8.94. The van der Waals surface area contributed by atoms with Crippen LogP contribution in [0.4, 0.5) is 13.2 Å². The number of hydrogen-bond donors (Lipinski definition) is 0. The van der Waals surface area contributed by atoms with Gasteiger partial charge in [-0.2, -0.15) is 5.26 Å². The average Bonchev–Trinajstić information content (AvgIpc) is 2.82. The molecule has 0 bridgehead atoms. The lowest BCUT2D eigenvalue weighted by molar-refractivity contribution is 0.304. The molecule has 3 aromatic rings. The molecule has 4 rings (SSSR count). The van der Waals surface area contributed by atoms with Gasteiger partial charge >= 0.3 is 0 Å². The van der Waals surface area contributed by atoms with Crippen molar-refractivity contribution in [3.63, 3.8) is 0 Å². The molecule has 0 heterocycles. The van der Waals surface area contributed by atoms with Crippen LogP contribution in [0.15, 0.2) is 42.5 Å². The van der Waals surface area contributed by atoms with E-state index in [0.29, 0.717) is 11.3 Å². The zero-order valence-electron chi connectivity index (χ0n) is 18.7. The molecular formula is C29H26F3N. The summed E-state index contributed by atoms with van der Waals surface area (Å²) < 4.78 is 42.7. The van der Waals surface area contributed by atoms with Crippen LogP contribution in [0, 0.1) is 46.5 Å². The van der Waals surface area contributed by atoms with Gasteiger partial charge in [-0.05, 0) is 66.7 Å². The van der Waals surface area contributed by atoms with Gasteiger partial charge in [-0.3, -0.25) is 0 Å². The zero-order chi connectivity index (χ0) is 23.4. The Morgan fingerprint density at radius 2 is 1.64 bits per heavy atom. The summed E-state index contributed by atoms with van der Waals surface area (Å²) in [4.78, 5) is 0. The Morgan fingerprint density at radius 3 is 2.30 bits per heavy atom. The van der Waals surface area contributed by atoms with E-state index in [0.717, 1.165) is 23.4 Å². The molecule has 0 saturated heterocycles. The summed E-state index contributed by atoms with van der Waals surface area (Å²) in [6, 6.07) is 12.8. The predicted octanol–water partition coefficient (Wildman–Crippen LogP) is 7.99. The fourth-order valence-electron chi connectivity index (χ4n) is 4.83. The third-order valence-corrected chi connectivity index (χ3v) is 6.76. The lowest BCUT2D eigenvalue weighted by Gasteiger charge is -2.29. The van der Waals surface area contributed by atoms with Crippen LogP contribution in [-0.2, 0) is 0 Å². The van der Waals surface area contributed by atoms with Crippen LogP contribution in [0.2, 0.25) is 0 Å². The molecule has 1 nitrogen and oxygen atoms in total. The summed E-state index contributed by atoms with van der Waals surface area (Å²) in [6.45, 7) is 2.24. The van der Waals surface area contributed by atoms with Gasteiger partial charge < -0.3 is 0 Å². The second kappa shape index (κ2) is 10.1. The van der Waals surface area contributed by atoms with E-state index >= 15 is 4.39 Å². The third kappa shape index (κ3) is 5.07. The topological polar surface area (TPSA) is 23.8 Å². The molecule has 3 aromatic carbocycles. The maximum atomic E-state index is 15.1. The van der Waals surface area contributed by atoms with Gasteiger partial charge in [0.25, 0.3) is 0 Å². The van der Waals surface area contributed by atoms with Gasteiger partial charge in [-0.1, -0.05) is 62.3 Å². The minimum absolute atomic E-state index is 0.0494. The SMILES string of the molecule is CCCCC1CCC(c2ccc3c(F)c(C#Cc4cc(F)c(C#N)c(F)c4)ccc3c2)CC1. The molecule has 1 fully saturated rings. The molecule has 0 amide bonds. The van der Waals surface area contributed by atoms with Gasteiger partial charge in [0.2, 0.25) is 0 Å². The van der Waals surface area contributed by atoms with Crippen molar-refractivity contribution in [2.24, 2.45) is 5.92 Å².